The van der Waals surface area contributed by atoms with Crippen molar-refractivity contribution in [2.24, 2.45) is 7.05 Å². The van der Waals surface area contributed by atoms with Gasteiger partial charge in [0.1, 0.15) is 5.60 Å². The van der Waals surface area contributed by atoms with Crippen LogP contribution in [-0.2, 0) is 12.6 Å². The highest BCUT2D eigenvalue weighted by atomic mass is 35.5. The van der Waals surface area contributed by atoms with Crippen LogP contribution in [0.3, 0.4) is 0 Å². The molecule has 0 bridgehead atoms. The number of halogens is 1. The molecule has 1 atom stereocenters. The number of aryl methyl sites for hydroxylation is 1. The van der Waals surface area contributed by atoms with E-state index in [9.17, 15) is 5.11 Å². The van der Waals surface area contributed by atoms with Gasteiger partial charge in [-0.15, -0.1) is 11.3 Å². The molecule has 0 aliphatic carbocycles. The first-order chi connectivity index (χ1) is 9.00. The minimum atomic E-state index is -1.15. The maximum atomic E-state index is 10.9. The number of rotatable bonds is 2. The zero-order chi connectivity index (χ0) is 13.6. The predicted molar refractivity (Wildman–Crippen MR) is 78.7 cm³/mol. The Labute approximate surface area is 120 Å². The SMILES string of the molecule is Cn1ncc(Cl)c1C(C)(O)c1cc2ccccc2s1. The van der Waals surface area contributed by atoms with E-state index in [1.807, 2.05) is 30.3 Å². The van der Waals surface area contributed by atoms with Crippen LogP contribution in [0.2, 0.25) is 5.02 Å². The molecule has 0 amide bonds. The molecule has 0 spiro atoms. The van der Waals surface area contributed by atoms with E-state index < -0.39 is 5.60 Å². The Morgan fingerprint density at radius 2 is 2.11 bits per heavy atom. The quantitative estimate of drug-likeness (QED) is 0.784. The predicted octanol–water partition coefficient (Wildman–Crippen LogP) is 3.54. The second-order valence-electron chi connectivity index (χ2n) is 4.69. The molecule has 0 radical (unpaired) electrons. The molecule has 0 saturated heterocycles. The molecule has 1 unspecified atom stereocenters. The zero-order valence-corrected chi connectivity index (χ0v) is 12.2. The van der Waals surface area contributed by atoms with Crippen molar-refractivity contribution in [1.82, 2.24) is 9.78 Å². The minimum absolute atomic E-state index is 0.477. The van der Waals surface area contributed by atoms with Gasteiger partial charge in [0.05, 0.1) is 16.9 Å². The molecule has 19 heavy (non-hydrogen) atoms. The second-order valence-corrected chi connectivity index (χ2v) is 6.18. The average Bonchev–Trinajstić information content (AvgIpc) is 2.93. The fourth-order valence-corrected chi connectivity index (χ4v) is 3.76. The van der Waals surface area contributed by atoms with Gasteiger partial charge in [0, 0.05) is 16.6 Å². The Balaban J connectivity index is 2.19. The molecule has 3 rings (SSSR count). The van der Waals surface area contributed by atoms with E-state index in [0.29, 0.717) is 10.7 Å². The molecule has 1 aromatic carbocycles. The summed E-state index contributed by atoms with van der Waals surface area (Å²) in [4.78, 5) is 0.860. The standard InChI is InChI=1S/C14H13ClN2OS/c1-14(18,13-10(15)8-16-17(13)2)12-7-9-5-3-4-6-11(9)19-12/h3-8,18H,1-2H3. The lowest BCUT2D eigenvalue weighted by atomic mass is 10.00. The summed E-state index contributed by atoms with van der Waals surface area (Å²) in [5, 5.41) is 16.6. The molecule has 0 aliphatic rings. The fourth-order valence-electron chi connectivity index (χ4n) is 2.30. The van der Waals surface area contributed by atoms with Crippen molar-refractivity contribution in [3.8, 4) is 0 Å². The van der Waals surface area contributed by atoms with Crippen LogP contribution < -0.4 is 0 Å². The Hall–Kier alpha value is -1.36. The van der Waals surface area contributed by atoms with E-state index in [2.05, 4.69) is 5.10 Å². The van der Waals surface area contributed by atoms with Crippen LogP contribution in [0.5, 0.6) is 0 Å². The van der Waals surface area contributed by atoms with Crippen molar-refractivity contribution in [2.75, 3.05) is 0 Å². The first kappa shape index (κ1) is 12.7. The number of nitrogens with zero attached hydrogens (tertiary/aromatic N) is 2. The Kier molecular flexibility index (Phi) is 2.89. The summed E-state index contributed by atoms with van der Waals surface area (Å²) in [6.07, 6.45) is 1.55. The maximum absolute atomic E-state index is 10.9. The van der Waals surface area contributed by atoms with Crippen molar-refractivity contribution in [1.29, 1.82) is 0 Å². The van der Waals surface area contributed by atoms with Crippen LogP contribution in [0.15, 0.2) is 36.5 Å². The van der Waals surface area contributed by atoms with Crippen LogP contribution >= 0.6 is 22.9 Å². The van der Waals surface area contributed by atoms with Crippen LogP contribution in [-0.4, -0.2) is 14.9 Å². The van der Waals surface area contributed by atoms with Gasteiger partial charge in [0.2, 0.25) is 0 Å². The molecule has 1 N–H and O–H groups in total. The van der Waals surface area contributed by atoms with Gasteiger partial charge in [-0.1, -0.05) is 29.8 Å². The summed E-state index contributed by atoms with van der Waals surface area (Å²) in [5.74, 6) is 0. The molecule has 5 heteroatoms. The molecule has 98 valence electrons. The number of thiophene rings is 1. The summed E-state index contributed by atoms with van der Waals surface area (Å²) < 4.78 is 2.77. The number of aliphatic hydroxyl groups is 1. The van der Waals surface area contributed by atoms with Gasteiger partial charge < -0.3 is 5.11 Å². The lowest BCUT2D eigenvalue weighted by molar-refractivity contribution is 0.0970. The summed E-state index contributed by atoms with van der Waals surface area (Å²) in [6, 6.07) is 10.1. The minimum Gasteiger partial charge on any atom is -0.378 e. The highest BCUT2D eigenvalue weighted by molar-refractivity contribution is 7.19. The average molecular weight is 293 g/mol. The van der Waals surface area contributed by atoms with Gasteiger partial charge in [-0.3, -0.25) is 4.68 Å². The molecule has 0 aliphatic heterocycles. The largest absolute Gasteiger partial charge is 0.378 e. The third-order valence-electron chi connectivity index (χ3n) is 3.26. The third-order valence-corrected chi connectivity index (χ3v) is 4.86. The summed E-state index contributed by atoms with van der Waals surface area (Å²) in [6.45, 7) is 1.75. The van der Waals surface area contributed by atoms with Gasteiger partial charge in [-0.05, 0) is 24.4 Å². The van der Waals surface area contributed by atoms with Crippen molar-refractivity contribution in [3.05, 3.63) is 52.1 Å². The van der Waals surface area contributed by atoms with Gasteiger partial charge in [0.15, 0.2) is 0 Å². The van der Waals surface area contributed by atoms with Crippen molar-refractivity contribution < 1.29 is 5.11 Å². The third kappa shape index (κ3) is 1.96. The topological polar surface area (TPSA) is 38.0 Å². The highest BCUT2D eigenvalue weighted by Crippen LogP contribution is 2.39. The van der Waals surface area contributed by atoms with Gasteiger partial charge >= 0.3 is 0 Å². The Bertz CT molecular complexity index is 692. The van der Waals surface area contributed by atoms with Crippen molar-refractivity contribution in [2.45, 2.75) is 12.5 Å². The normalized spacial score (nSPS) is 14.7. The van der Waals surface area contributed by atoms with E-state index in [0.717, 1.165) is 15.0 Å². The van der Waals surface area contributed by atoms with E-state index in [4.69, 9.17) is 11.6 Å². The molecule has 3 nitrogen and oxygen atoms in total. The first-order valence-corrected chi connectivity index (χ1v) is 7.09. The van der Waals surface area contributed by atoms with E-state index in [-0.39, 0.29) is 0 Å². The second kappa shape index (κ2) is 4.34. The summed E-state index contributed by atoms with van der Waals surface area (Å²) in [5.41, 5.74) is -0.535. The fraction of sp³-hybridized carbons (Fsp3) is 0.214. The Morgan fingerprint density at radius 1 is 1.37 bits per heavy atom. The van der Waals surface area contributed by atoms with Crippen LogP contribution in [0.4, 0.5) is 0 Å². The number of hydrogen-bond donors (Lipinski definition) is 1. The smallest absolute Gasteiger partial charge is 0.139 e. The van der Waals surface area contributed by atoms with Crippen LogP contribution in [0, 0.1) is 0 Å². The van der Waals surface area contributed by atoms with E-state index in [1.54, 1.807) is 36.2 Å². The van der Waals surface area contributed by atoms with E-state index in [1.165, 1.54) is 0 Å². The van der Waals surface area contributed by atoms with Crippen molar-refractivity contribution >= 4 is 33.0 Å². The number of benzene rings is 1. The number of fused-ring (bicyclic) bond motifs is 1. The van der Waals surface area contributed by atoms with Crippen LogP contribution in [0.1, 0.15) is 17.5 Å². The number of hydrogen-bond acceptors (Lipinski definition) is 3. The van der Waals surface area contributed by atoms with Gasteiger partial charge in [0.25, 0.3) is 0 Å². The molecule has 2 heterocycles. The molecule has 0 fully saturated rings. The van der Waals surface area contributed by atoms with Gasteiger partial charge in [-0.2, -0.15) is 5.10 Å². The lowest BCUT2D eigenvalue weighted by Crippen LogP contribution is -2.25. The molecule has 3 aromatic rings. The van der Waals surface area contributed by atoms with Crippen LogP contribution in [0.25, 0.3) is 10.1 Å². The zero-order valence-electron chi connectivity index (χ0n) is 10.6. The van der Waals surface area contributed by atoms with E-state index >= 15 is 0 Å². The van der Waals surface area contributed by atoms with Gasteiger partial charge in [-0.25, -0.2) is 0 Å². The lowest BCUT2D eigenvalue weighted by Gasteiger charge is -2.22. The van der Waals surface area contributed by atoms with Crippen molar-refractivity contribution in [3.63, 3.8) is 0 Å². The summed E-state index contributed by atoms with van der Waals surface area (Å²) in [7, 11) is 1.78. The summed E-state index contributed by atoms with van der Waals surface area (Å²) >= 11 is 7.71. The highest BCUT2D eigenvalue weighted by Gasteiger charge is 2.33. The molecular formula is C14H13ClN2OS. The number of aromatic nitrogens is 2. The maximum Gasteiger partial charge on any atom is 0.139 e. The monoisotopic (exact) mass is 292 g/mol. The first-order valence-electron chi connectivity index (χ1n) is 5.89. The Morgan fingerprint density at radius 3 is 2.74 bits per heavy atom. The molecule has 0 saturated carbocycles. The molecular weight excluding hydrogens is 280 g/mol. The molecule has 2 aromatic heterocycles.